The highest BCUT2D eigenvalue weighted by atomic mass is 16.2. The second-order valence-corrected chi connectivity index (χ2v) is 6.30. The van der Waals surface area contributed by atoms with E-state index >= 15 is 0 Å². The molecule has 0 aromatic heterocycles. The molecule has 2 aliphatic carbocycles. The molecule has 0 aromatic carbocycles. The van der Waals surface area contributed by atoms with Gasteiger partial charge >= 0.3 is 0 Å². The third kappa shape index (κ3) is 3.49. The van der Waals surface area contributed by atoms with Gasteiger partial charge < -0.3 is 4.90 Å². The Morgan fingerprint density at radius 1 is 1.26 bits per heavy atom. The summed E-state index contributed by atoms with van der Waals surface area (Å²) >= 11 is 0. The molecule has 2 aliphatic rings. The van der Waals surface area contributed by atoms with E-state index in [0.717, 1.165) is 45.2 Å². The lowest BCUT2D eigenvalue weighted by Crippen LogP contribution is -2.44. The van der Waals surface area contributed by atoms with Crippen LogP contribution in [-0.4, -0.2) is 23.9 Å². The summed E-state index contributed by atoms with van der Waals surface area (Å²) in [5.41, 5.74) is -0.708. The van der Waals surface area contributed by atoms with E-state index in [-0.39, 0.29) is 5.91 Å². The Balaban J connectivity index is 2.09. The SMILES string of the molecule is CCCN(CC1CC1)C(=O)C1(C#N)CCCCCC1. The van der Waals surface area contributed by atoms with Crippen LogP contribution >= 0.6 is 0 Å². The number of nitriles is 1. The minimum Gasteiger partial charge on any atom is -0.341 e. The van der Waals surface area contributed by atoms with Gasteiger partial charge in [0.05, 0.1) is 6.07 Å². The van der Waals surface area contributed by atoms with Crippen molar-refractivity contribution in [3.05, 3.63) is 0 Å². The first-order valence-electron chi connectivity index (χ1n) is 7.92. The predicted molar refractivity (Wildman–Crippen MR) is 75.3 cm³/mol. The number of carbonyl (C=O) groups is 1. The Hall–Kier alpha value is -1.04. The molecule has 0 N–H and O–H groups in total. The van der Waals surface area contributed by atoms with Gasteiger partial charge in [-0.3, -0.25) is 4.79 Å². The minimum atomic E-state index is -0.708. The van der Waals surface area contributed by atoms with Crippen LogP contribution in [0.1, 0.15) is 64.7 Å². The molecule has 2 saturated carbocycles. The van der Waals surface area contributed by atoms with Crippen molar-refractivity contribution in [3.63, 3.8) is 0 Å². The molecular weight excluding hydrogens is 236 g/mol. The molecule has 0 spiro atoms. The van der Waals surface area contributed by atoms with Crippen LogP contribution < -0.4 is 0 Å². The molecule has 0 saturated heterocycles. The van der Waals surface area contributed by atoms with Crippen molar-refractivity contribution in [1.29, 1.82) is 5.26 Å². The van der Waals surface area contributed by atoms with Crippen molar-refractivity contribution >= 4 is 5.91 Å². The number of nitrogens with zero attached hydrogens (tertiary/aromatic N) is 2. The average Bonchev–Trinajstić information content (AvgIpc) is 3.24. The van der Waals surface area contributed by atoms with Crippen LogP contribution in [0.15, 0.2) is 0 Å². The molecule has 0 unspecified atom stereocenters. The van der Waals surface area contributed by atoms with Crippen LogP contribution in [0.25, 0.3) is 0 Å². The van der Waals surface area contributed by atoms with Crippen molar-refractivity contribution in [2.24, 2.45) is 11.3 Å². The van der Waals surface area contributed by atoms with Gasteiger partial charge in [-0.1, -0.05) is 32.6 Å². The van der Waals surface area contributed by atoms with Gasteiger partial charge in [0.2, 0.25) is 5.91 Å². The fourth-order valence-electron chi connectivity index (χ4n) is 3.17. The molecule has 0 aliphatic heterocycles. The van der Waals surface area contributed by atoms with E-state index in [4.69, 9.17) is 0 Å². The zero-order valence-electron chi connectivity index (χ0n) is 12.2. The van der Waals surface area contributed by atoms with Gasteiger partial charge in [0, 0.05) is 13.1 Å². The van der Waals surface area contributed by atoms with Gasteiger partial charge in [-0.2, -0.15) is 5.26 Å². The van der Waals surface area contributed by atoms with Gasteiger partial charge in [-0.15, -0.1) is 0 Å². The fourth-order valence-corrected chi connectivity index (χ4v) is 3.17. The molecule has 3 heteroatoms. The Labute approximate surface area is 117 Å². The summed E-state index contributed by atoms with van der Waals surface area (Å²) in [6.07, 6.45) is 9.45. The molecule has 2 rings (SSSR count). The van der Waals surface area contributed by atoms with E-state index in [1.165, 1.54) is 25.7 Å². The van der Waals surface area contributed by atoms with Crippen LogP contribution in [0.5, 0.6) is 0 Å². The summed E-state index contributed by atoms with van der Waals surface area (Å²) in [4.78, 5) is 14.9. The van der Waals surface area contributed by atoms with Crippen molar-refractivity contribution in [2.75, 3.05) is 13.1 Å². The lowest BCUT2D eigenvalue weighted by Gasteiger charge is -2.32. The molecule has 0 atom stereocenters. The van der Waals surface area contributed by atoms with E-state index in [2.05, 4.69) is 13.0 Å². The summed E-state index contributed by atoms with van der Waals surface area (Å²) in [6.45, 7) is 3.81. The molecular formula is C16H26N2O. The van der Waals surface area contributed by atoms with Crippen LogP contribution in [0.3, 0.4) is 0 Å². The van der Waals surface area contributed by atoms with Crippen LogP contribution in [0.2, 0.25) is 0 Å². The molecule has 2 fully saturated rings. The topological polar surface area (TPSA) is 44.1 Å². The van der Waals surface area contributed by atoms with E-state index in [1.54, 1.807) is 0 Å². The Bertz CT molecular complexity index is 346. The van der Waals surface area contributed by atoms with Gasteiger partial charge in [0.25, 0.3) is 0 Å². The highest BCUT2D eigenvalue weighted by molar-refractivity contribution is 5.85. The molecule has 19 heavy (non-hydrogen) atoms. The third-order valence-electron chi connectivity index (χ3n) is 4.54. The number of amides is 1. The quantitative estimate of drug-likeness (QED) is 0.712. The summed E-state index contributed by atoms with van der Waals surface area (Å²) < 4.78 is 0. The lowest BCUT2D eigenvalue weighted by molar-refractivity contribution is -0.140. The Morgan fingerprint density at radius 2 is 1.89 bits per heavy atom. The first kappa shape index (κ1) is 14.4. The predicted octanol–water partition coefficient (Wildman–Crippen LogP) is 3.50. The van der Waals surface area contributed by atoms with Crippen molar-refractivity contribution in [1.82, 2.24) is 4.90 Å². The summed E-state index contributed by atoms with van der Waals surface area (Å²) in [5, 5.41) is 9.61. The molecule has 0 heterocycles. The second kappa shape index (κ2) is 6.41. The molecule has 0 aromatic rings. The summed E-state index contributed by atoms with van der Waals surface area (Å²) in [5.74, 6) is 0.836. The van der Waals surface area contributed by atoms with E-state index in [1.807, 2.05) is 4.90 Å². The molecule has 1 amide bonds. The molecule has 3 nitrogen and oxygen atoms in total. The van der Waals surface area contributed by atoms with E-state index < -0.39 is 5.41 Å². The van der Waals surface area contributed by atoms with Gasteiger partial charge in [-0.05, 0) is 38.0 Å². The van der Waals surface area contributed by atoms with Crippen molar-refractivity contribution in [3.8, 4) is 6.07 Å². The minimum absolute atomic E-state index is 0.130. The van der Waals surface area contributed by atoms with Crippen LogP contribution in [-0.2, 0) is 4.79 Å². The maximum atomic E-state index is 12.9. The molecule has 0 radical (unpaired) electrons. The first-order valence-corrected chi connectivity index (χ1v) is 7.92. The first-order chi connectivity index (χ1) is 9.22. The zero-order valence-corrected chi connectivity index (χ0v) is 12.2. The van der Waals surface area contributed by atoms with Gasteiger partial charge in [0.1, 0.15) is 5.41 Å². The zero-order chi connectivity index (χ0) is 13.7. The number of rotatable bonds is 5. The number of hydrogen-bond acceptors (Lipinski definition) is 2. The summed E-state index contributed by atoms with van der Waals surface area (Å²) in [7, 11) is 0. The monoisotopic (exact) mass is 262 g/mol. The third-order valence-corrected chi connectivity index (χ3v) is 4.54. The lowest BCUT2D eigenvalue weighted by atomic mass is 9.80. The number of hydrogen-bond donors (Lipinski definition) is 0. The molecule has 0 bridgehead atoms. The number of carbonyl (C=O) groups excluding carboxylic acids is 1. The standard InChI is InChI=1S/C16H26N2O/c1-2-11-18(12-14-7-8-14)15(19)16(13-17)9-5-3-4-6-10-16/h14H,2-12H2,1H3. The summed E-state index contributed by atoms with van der Waals surface area (Å²) in [6, 6.07) is 2.40. The Morgan fingerprint density at radius 3 is 2.37 bits per heavy atom. The Kier molecular flexibility index (Phi) is 4.85. The van der Waals surface area contributed by atoms with Crippen LogP contribution in [0, 0.1) is 22.7 Å². The van der Waals surface area contributed by atoms with E-state index in [9.17, 15) is 10.1 Å². The normalized spacial score (nSPS) is 22.3. The fraction of sp³-hybridized carbons (Fsp3) is 0.875. The average molecular weight is 262 g/mol. The largest absolute Gasteiger partial charge is 0.341 e. The maximum absolute atomic E-state index is 12.9. The van der Waals surface area contributed by atoms with Crippen LogP contribution in [0.4, 0.5) is 0 Å². The second-order valence-electron chi connectivity index (χ2n) is 6.30. The highest BCUT2D eigenvalue weighted by Crippen LogP contribution is 2.38. The van der Waals surface area contributed by atoms with Gasteiger partial charge in [-0.25, -0.2) is 0 Å². The smallest absolute Gasteiger partial charge is 0.243 e. The van der Waals surface area contributed by atoms with Crippen molar-refractivity contribution in [2.45, 2.75) is 64.7 Å². The molecule has 106 valence electrons. The van der Waals surface area contributed by atoms with E-state index in [0.29, 0.717) is 5.92 Å². The van der Waals surface area contributed by atoms with Crippen molar-refractivity contribution < 1.29 is 4.79 Å². The highest BCUT2D eigenvalue weighted by Gasteiger charge is 2.42. The van der Waals surface area contributed by atoms with Gasteiger partial charge in [0.15, 0.2) is 0 Å². The maximum Gasteiger partial charge on any atom is 0.243 e.